The van der Waals surface area contributed by atoms with E-state index in [4.69, 9.17) is 4.74 Å². The fraction of sp³-hybridized carbons (Fsp3) is 0.412. The van der Waals surface area contributed by atoms with Crippen molar-refractivity contribution in [2.24, 2.45) is 0 Å². The van der Waals surface area contributed by atoms with Crippen LogP contribution >= 0.6 is 27.3 Å². The summed E-state index contributed by atoms with van der Waals surface area (Å²) in [5.74, 6) is 0.921. The summed E-state index contributed by atoms with van der Waals surface area (Å²) in [7, 11) is 0. The van der Waals surface area contributed by atoms with Gasteiger partial charge in [0.1, 0.15) is 12.4 Å². The molecule has 0 saturated carbocycles. The first-order chi connectivity index (χ1) is 10.1. The van der Waals surface area contributed by atoms with Gasteiger partial charge in [0, 0.05) is 26.8 Å². The largest absolute Gasteiger partial charge is 0.488 e. The Morgan fingerprint density at radius 1 is 1.19 bits per heavy atom. The van der Waals surface area contributed by atoms with Gasteiger partial charge in [-0.3, -0.25) is 0 Å². The minimum Gasteiger partial charge on any atom is -0.488 e. The zero-order chi connectivity index (χ0) is 15.2. The van der Waals surface area contributed by atoms with E-state index >= 15 is 0 Å². The average molecular weight is 368 g/mol. The van der Waals surface area contributed by atoms with Crippen LogP contribution in [0.3, 0.4) is 0 Å². The van der Waals surface area contributed by atoms with E-state index in [1.165, 1.54) is 15.3 Å². The zero-order valence-corrected chi connectivity index (χ0v) is 15.2. The lowest BCUT2D eigenvalue weighted by Gasteiger charge is -2.12. The minimum atomic E-state index is 0.472. The number of nitrogens with one attached hydrogen (secondary N) is 1. The van der Waals surface area contributed by atoms with E-state index in [1.54, 1.807) is 0 Å². The molecule has 0 aliphatic rings. The molecule has 0 spiro atoms. The van der Waals surface area contributed by atoms with E-state index in [0.29, 0.717) is 12.6 Å². The quantitative estimate of drug-likeness (QED) is 0.730. The number of ether oxygens (including phenoxy) is 1. The highest BCUT2D eigenvalue weighted by Crippen LogP contribution is 2.24. The number of hydrogen-bond acceptors (Lipinski definition) is 3. The van der Waals surface area contributed by atoms with Gasteiger partial charge in [-0.05, 0) is 42.3 Å². The molecule has 0 amide bonds. The molecule has 0 fully saturated rings. The molecule has 0 unspecified atom stereocenters. The Balaban J connectivity index is 1.98. The lowest BCUT2D eigenvalue weighted by molar-refractivity contribution is 0.309. The molecule has 2 aromatic rings. The molecule has 1 heterocycles. The summed E-state index contributed by atoms with van der Waals surface area (Å²) >= 11 is 5.42. The summed E-state index contributed by atoms with van der Waals surface area (Å²) < 4.78 is 7.03. The van der Waals surface area contributed by atoms with Crippen molar-refractivity contribution in [2.75, 3.05) is 0 Å². The Morgan fingerprint density at radius 2 is 1.95 bits per heavy atom. The van der Waals surface area contributed by atoms with Gasteiger partial charge in [-0.15, -0.1) is 11.3 Å². The van der Waals surface area contributed by atoms with Gasteiger partial charge in [0.25, 0.3) is 0 Å². The fourth-order valence-corrected chi connectivity index (χ4v) is 3.19. The molecule has 1 aromatic carbocycles. The number of halogens is 1. The van der Waals surface area contributed by atoms with Gasteiger partial charge >= 0.3 is 0 Å². The Kier molecular flexibility index (Phi) is 6.27. The Labute approximate surface area is 139 Å². The number of rotatable bonds is 7. The third kappa shape index (κ3) is 5.13. The molecular weight excluding hydrogens is 346 g/mol. The SMILES string of the molecule is CCc1ccc(COc2ccc(Br)c(CNC(C)C)c2)s1. The van der Waals surface area contributed by atoms with E-state index < -0.39 is 0 Å². The van der Waals surface area contributed by atoms with Gasteiger partial charge in [-0.1, -0.05) is 36.7 Å². The lowest BCUT2D eigenvalue weighted by atomic mass is 10.2. The van der Waals surface area contributed by atoms with Crippen LogP contribution < -0.4 is 10.1 Å². The minimum absolute atomic E-state index is 0.472. The summed E-state index contributed by atoms with van der Waals surface area (Å²) in [6.45, 7) is 7.96. The molecule has 2 nitrogen and oxygen atoms in total. The second kappa shape index (κ2) is 7.97. The van der Waals surface area contributed by atoms with Crippen LogP contribution in [0.4, 0.5) is 0 Å². The Hall–Kier alpha value is -0.840. The van der Waals surface area contributed by atoms with Gasteiger partial charge in [-0.25, -0.2) is 0 Å². The van der Waals surface area contributed by atoms with Crippen molar-refractivity contribution in [3.05, 3.63) is 50.1 Å². The molecule has 2 rings (SSSR count). The highest BCUT2D eigenvalue weighted by molar-refractivity contribution is 9.10. The molecule has 0 radical (unpaired) electrons. The van der Waals surface area contributed by atoms with Crippen LogP contribution in [0.2, 0.25) is 0 Å². The molecular formula is C17H22BrNOS. The van der Waals surface area contributed by atoms with Crippen LogP contribution in [-0.4, -0.2) is 6.04 Å². The maximum atomic E-state index is 5.91. The van der Waals surface area contributed by atoms with Crippen molar-refractivity contribution >= 4 is 27.3 Å². The van der Waals surface area contributed by atoms with Gasteiger partial charge in [-0.2, -0.15) is 0 Å². The first-order valence-corrected chi connectivity index (χ1v) is 8.91. The van der Waals surface area contributed by atoms with Crippen LogP contribution in [0, 0.1) is 0 Å². The van der Waals surface area contributed by atoms with Gasteiger partial charge in [0.2, 0.25) is 0 Å². The monoisotopic (exact) mass is 367 g/mol. The van der Waals surface area contributed by atoms with Crippen LogP contribution in [0.5, 0.6) is 5.75 Å². The molecule has 1 N–H and O–H groups in total. The van der Waals surface area contributed by atoms with Gasteiger partial charge in [0.05, 0.1) is 0 Å². The molecule has 1 aromatic heterocycles. The Morgan fingerprint density at radius 3 is 2.62 bits per heavy atom. The maximum Gasteiger partial charge on any atom is 0.122 e. The standard InChI is InChI=1S/C17H22BrNOS/c1-4-15-6-7-16(21-15)11-20-14-5-8-17(18)13(9-14)10-19-12(2)3/h5-9,12,19H,4,10-11H2,1-3H3. The van der Waals surface area contributed by atoms with Crippen molar-refractivity contribution in [1.82, 2.24) is 5.32 Å². The Bertz CT molecular complexity index is 580. The summed E-state index contributed by atoms with van der Waals surface area (Å²) in [4.78, 5) is 2.68. The van der Waals surface area contributed by atoms with E-state index in [-0.39, 0.29) is 0 Å². The van der Waals surface area contributed by atoms with Crippen molar-refractivity contribution in [2.45, 2.75) is 46.4 Å². The molecule has 0 aliphatic carbocycles. The van der Waals surface area contributed by atoms with Crippen molar-refractivity contribution in [3.8, 4) is 5.75 Å². The molecule has 114 valence electrons. The molecule has 0 atom stereocenters. The fourth-order valence-electron chi connectivity index (χ4n) is 1.93. The normalized spacial score (nSPS) is 11.1. The summed E-state index contributed by atoms with van der Waals surface area (Å²) in [6, 6.07) is 11.0. The van der Waals surface area contributed by atoms with E-state index in [1.807, 2.05) is 17.4 Å². The van der Waals surface area contributed by atoms with Crippen molar-refractivity contribution < 1.29 is 4.74 Å². The lowest BCUT2D eigenvalue weighted by Crippen LogP contribution is -2.22. The summed E-state index contributed by atoms with van der Waals surface area (Å²) in [5.41, 5.74) is 1.22. The number of hydrogen-bond donors (Lipinski definition) is 1. The van der Waals surface area contributed by atoms with E-state index in [0.717, 1.165) is 23.2 Å². The highest BCUT2D eigenvalue weighted by atomic mass is 79.9. The topological polar surface area (TPSA) is 21.3 Å². The van der Waals surface area contributed by atoms with Crippen LogP contribution in [0.1, 0.15) is 36.1 Å². The second-order valence-electron chi connectivity index (χ2n) is 5.30. The van der Waals surface area contributed by atoms with E-state index in [9.17, 15) is 0 Å². The van der Waals surface area contributed by atoms with Crippen LogP contribution in [0.15, 0.2) is 34.8 Å². The van der Waals surface area contributed by atoms with Crippen LogP contribution in [0.25, 0.3) is 0 Å². The summed E-state index contributed by atoms with van der Waals surface area (Å²) in [6.07, 6.45) is 1.09. The predicted molar refractivity (Wildman–Crippen MR) is 94.1 cm³/mol. The molecule has 4 heteroatoms. The number of benzene rings is 1. The zero-order valence-electron chi connectivity index (χ0n) is 12.8. The second-order valence-corrected chi connectivity index (χ2v) is 7.41. The van der Waals surface area contributed by atoms with Crippen molar-refractivity contribution in [3.63, 3.8) is 0 Å². The number of aryl methyl sites for hydroxylation is 1. The van der Waals surface area contributed by atoms with Crippen LogP contribution in [-0.2, 0) is 19.6 Å². The van der Waals surface area contributed by atoms with E-state index in [2.05, 4.69) is 66.3 Å². The average Bonchev–Trinajstić information content (AvgIpc) is 2.93. The number of thiophene rings is 1. The molecule has 0 bridgehead atoms. The van der Waals surface area contributed by atoms with Crippen molar-refractivity contribution in [1.29, 1.82) is 0 Å². The first-order valence-electron chi connectivity index (χ1n) is 7.30. The third-order valence-electron chi connectivity index (χ3n) is 3.16. The predicted octanol–water partition coefficient (Wildman–Crippen LogP) is 5.15. The maximum absolute atomic E-state index is 5.91. The van der Waals surface area contributed by atoms with Gasteiger partial charge < -0.3 is 10.1 Å². The molecule has 0 aliphatic heterocycles. The summed E-state index contributed by atoms with van der Waals surface area (Å²) in [5, 5.41) is 3.43. The smallest absolute Gasteiger partial charge is 0.122 e. The highest BCUT2D eigenvalue weighted by Gasteiger charge is 2.05. The molecule has 0 saturated heterocycles. The van der Waals surface area contributed by atoms with Gasteiger partial charge in [0.15, 0.2) is 0 Å². The first kappa shape index (κ1) is 16.5. The third-order valence-corrected chi connectivity index (χ3v) is 5.14. The molecule has 21 heavy (non-hydrogen) atoms.